The van der Waals surface area contributed by atoms with E-state index in [4.69, 9.17) is 9.15 Å². The van der Waals surface area contributed by atoms with Crippen LogP contribution < -0.4 is 20.7 Å². The molecule has 0 atom stereocenters. The first-order valence-electron chi connectivity index (χ1n) is 9.77. The third kappa shape index (κ3) is 4.32. The number of ether oxygens (including phenoxy) is 1. The fourth-order valence-corrected chi connectivity index (χ4v) is 3.09. The summed E-state index contributed by atoms with van der Waals surface area (Å²) in [6.45, 7) is 1.70. The zero-order valence-corrected chi connectivity index (χ0v) is 17.4. The molecule has 31 heavy (non-hydrogen) atoms. The van der Waals surface area contributed by atoms with Crippen LogP contribution in [0.5, 0.6) is 5.75 Å². The molecule has 3 N–H and O–H groups in total. The number of aryl methyl sites for hydroxylation is 1. The topological polar surface area (TPSA) is 131 Å². The number of methoxy groups -OCH3 is 1. The van der Waals surface area contributed by atoms with Crippen LogP contribution in [-0.4, -0.2) is 41.2 Å². The van der Waals surface area contributed by atoms with Gasteiger partial charge in [0.1, 0.15) is 5.82 Å². The van der Waals surface area contributed by atoms with E-state index in [0.29, 0.717) is 45.9 Å². The molecule has 2 heterocycles. The molecule has 10 nitrogen and oxygen atoms in total. The van der Waals surface area contributed by atoms with E-state index in [1.54, 1.807) is 31.2 Å². The van der Waals surface area contributed by atoms with Crippen molar-refractivity contribution in [1.29, 1.82) is 0 Å². The van der Waals surface area contributed by atoms with Gasteiger partial charge in [-0.05, 0) is 25.0 Å². The lowest BCUT2D eigenvalue weighted by Crippen LogP contribution is -2.20. The minimum atomic E-state index is -0.322. The second-order valence-corrected chi connectivity index (χ2v) is 7.10. The van der Waals surface area contributed by atoms with Gasteiger partial charge < -0.3 is 25.1 Å². The Morgan fingerprint density at radius 3 is 2.65 bits per heavy atom. The van der Waals surface area contributed by atoms with Gasteiger partial charge in [-0.3, -0.25) is 9.59 Å². The Bertz CT molecular complexity index is 1140. The molecule has 0 spiro atoms. The SMILES string of the molecule is CNC(=O)c1cnc(NC(=O)C2CC2)cc1Nc1cccc(-c2nnc(C)o2)c1OC. The predicted molar refractivity (Wildman–Crippen MR) is 113 cm³/mol. The summed E-state index contributed by atoms with van der Waals surface area (Å²) in [5.41, 5.74) is 1.95. The number of para-hydroxylation sites is 1. The lowest BCUT2D eigenvalue weighted by atomic mass is 10.1. The molecule has 0 aliphatic heterocycles. The van der Waals surface area contributed by atoms with E-state index in [0.717, 1.165) is 12.8 Å². The number of pyridine rings is 1. The highest BCUT2D eigenvalue weighted by Crippen LogP contribution is 2.38. The number of carbonyl (C=O) groups excluding carboxylic acids is 2. The van der Waals surface area contributed by atoms with Crippen LogP contribution in [0.15, 0.2) is 34.9 Å². The largest absolute Gasteiger partial charge is 0.494 e. The summed E-state index contributed by atoms with van der Waals surface area (Å²) >= 11 is 0. The minimum Gasteiger partial charge on any atom is -0.494 e. The normalized spacial score (nSPS) is 12.9. The molecule has 1 saturated carbocycles. The standard InChI is InChI=1S/C21H22N6O4/c1-11-26-27-21(31-11)13-5-4-6-15(18(13)30-3)24-16-9-17(25-19(28)12-7-8-12)23-10-14(16)20(29)22-2/h4-6,9-10,12H,7-8H2,1-3H3,(H,22,29)(H2,23,24,25,28). The number of benzene rings is 1. The maximum Gasteiger partial charge on any atom is 0.254 e. The quantitative estimate of drug-likeness (QED) is 0.530. The number of amides is 2. The summed E-state index contributed by atoms with van der Waals surface area (Å²) in [5.74, 6) is 1.21. The van der Waals surface area contributed by atoms with Gasteiger partial charge in [0.2, 0.25) is 11.8 Å². The molecule has 2 amide bonds. The van der Waals surface area contributed by atoms with Crippen molar-refractivity contribution in [3.05, 3.63) is 41.9 Å². The molecule has 4 rings (SSSR count). The maximum absolute atomic E-state index is 12.4. The fourth-order valence-electron chi connectivity index (χ4n) is 3.09. The summed E-state index contributed by atoms with van der Waals surface area (Å²) in [4.78, 5) is 28.7. The van der Waals surface area contributed by atoms with Crippen molar-refractivity contribution >= 4 is 29.0 Å². The molecule has 0 radical (unpaired) electrons. The lowest BCUT2D eigenvalue weighted by Gasteiger charge is -2.16. The molecule has 1 aromatic carbocycles. The number of anilines is 3. The Hall–Kier alpha value is -3.95. The first kappa shape index (κ1) is 20.3. The number of aromatic nitrogens is 3. The second-order valence-electron chi connectivity index (χ2n) is 7.10. The molecule has 0 saturated heterocycles. The molecule has 3 aromatic rings. The number of hydrogen-bond acceptors (Lipinski definition) is 8. The fraction of sp³-hybridized carbons (Fsp3) is 0.286. The van der Waals surface area contributed by atoms with Crippen LogP contribution in [0.25, 0.3) is 11.5 Å². The van der Waals surface area contributed by atoms with Crippen LogP contribution >= 0.6 is 0 Å². The molecule has 1 fully saturated rings. The van der Waals surface area contributed by atoms with E-state index in [-0.39, 0.29) is 17.7 Å². The van der Waals surface area contributed by atoms with Crippen molar-refractivity contribution in [2.24, 2.45) is 5.92 Å². The van der Waals surface area contributed by atoms with Crippen LogP contribution in [0.4, 0.5) is 17.2 Å². The third-order valence-electron chi connectivity index (χ3n) is 4.82. The van der Waals surface area contributed by atoms with Crippen molar-refractivity contribution in [2.45, 2.75) is 19.8 Å². The zero-order valence-electron chi connectivity index (χ0n) is 17.4. The summed E-state index contributed by atoms with van der Waals surface area (Å²) in [6.07, 6.45) is 3.18. The predicted octanol–water partition coefficient (Wildman–Crippen LogP) is 2.90. The van der Waals surface area contributed by atoms with Crippen molar-refractivity contribution in [3.8, 4) is 17.2 Å². The second kappa shape index (κ2) is 8.42. The van der Waals surface area contributed by atoms with Gasteiger partial charge in [-0.25, -0.2) is 4.98 Å². The Morgan fingerprint density at radius 1 is 1.19 bits per heavy atom. The number of nitrogens with zero attached hydrogens (tertiary/aromatic N) is 3. The molecule has 1 aliphatic carbocycles. The monoisotopic (exact) mass is 422 g/mol. The number of hydrogen-bond donors (Lipinski definition) is 3. The van der Waals surface area contributed by atoms with Crippen LogP contribution in [0, 0.1) is 12.8 Å². The van der Waals surface area contributed by atoms with Crippen LogP contribution in [0.1, 0.15) is 29.1 Å². The van der Waals surface area contributed by atoms with Gasteiger partial charge in [0.05, 0.1) is 29.6 Å². The molecule has 10 heteroatoms. The third-order valence-corrected chi connectivity index (χ3v) is 4.82. The highest BCUT2D eigenvalue weighted by Gasteiger charge is 2.30. The molecule has 1 aliphatic rings. The maximum atomic E-state index is 12.4. The van der Waals surface area contributed by atoms with Gasteiger partial charge in [-0.15, -0.1) is 10.2 Å². The van der Waals surface area contributed by atoms with E-state index in [1.165, 1.54) is 20.4 Å². The highest BCUT2D eigenvalue weighted by molar-refractivity contribution is 6.01. The smallest absolute Gasteiger partial charge is 0.254 e. The highest BCUT2D eigenvalue weighted by atomic mass is 16.5. The van der Waals surface area contributed by atoms with E-state index in [9.17, 15) is 9.59 Å². The summed E-state index contributed by atoms with van der Waals surface area (Å²) in [5, 5.41) is 16.5. The summed E-state index contributed by atoms with van der Waals surface area (Å²) in [6, 6.07) is 7.01. The zero-order chi connectivity index (χ0) is 22.0. The Balaban J connectivity index is 1.71. The van der Waals surface area contributed by atoms with Gasteiger partial charge >= 0.3 is 0 Å². The van der Waals surface area contributed by atoms with Gasteiger partial charge in [-0.2, -0.15) is 0 Å². The van der Waals surface area contributed by atoms with E-state index in [2.05, 4.69) is 31.1 Å². The van der Waals surface area contributed by atoms with Gasteiger partial charge in [0.25, 0.3) is 11.8 Å². The van der Waals surface area contributed by atoms with Crippen molar-refractivity contribution in [3.63, 3.8) is 0 Å². The van der Waals surface area contributed by atoms with E-state index < -0.39 is 0 Å². The van der Waals surface area contributed by atoms with E-state index in [1.807, 2.05) is 0 Å². The average Bonchev–Trinajstić information content (AvgIpc) is 3.54. The minimum absolute atomic E-state index is 0.0338. The molecular weight excluding hydrogens is 400 g/mol. The first-order valence-corrected chi connectivity index (χ1v) is 9.77. The Morgan fingerprint density at radius 2 is 2.00 bits per heavy atom. The molecular formula is C21H22N6O4. The summed E-state index contributed by atoms with van der Waals surface area (Å²) in [7, 11) is 3.06. The lowest BCUT2D eigenvalue weighted by molar-refractivity contribution is -0.117. The average molecular weight is 422 g/mol. The molecule has 0 unspecified atom stereocenters. The molecule has 2 aromatic heterocycles. The number of rotatable bonds is 7. The van der Waals surface area contributed by atoms with Crippen molar-refractivity contribution in [1.82, 2.24) is 20.5 Å². The van der Waals surface area contributed by atoms with Crippen molar-refractivity contribution < 1.29 is 18.7 Å². The van der Waals surface area contributed by atoms with E-state index >= 15 is 0 Å². The first-order chi connectivity index (χ1) is 15.0. The Labute approximate surface area is 178 Å². The van der Waals surface area contributed by atoms with Gasteiger partial charge in [0, 0.05) is 32.2 Å². The number of carbonyl (C=O) groups is 2. The molecule has 0 bridgehead atoms. The van der Waals surface area contributed by atoms with Crippen LogP contribution in [-0.2, 0) is 4.79 Å². The van der Waals surface area contributed by atoms with Crippen molar-refractivity contribution in [2.75, 3.05) is 24.8 Å². The number of nitrogens with one attached hydrogen (secondary N) is 3. The molecule has 160 valence electrons. The van der Waals surface area contributed by atoms with Gasteiger partial charge in [-0.1, -0.05) is 6.07 Å². The summed E-state index contributed by atoms with van der Waals surface area (Å²) < 4.78 is 11.1. The van der Waals surface area contributed by atoms with Crippen LogP contribution in [0.3, 0.4) is 0 Å². The van der Waals surface area contributed by atoms with Gasteiger partial charge in [0.15, 0.2) is 5.75 Å². The van der Waals surface area contributed by atoms with Crippen LogP contribution in [0.2, 0.25) is 0 Å². The Kier molecular flexibility index (Phi) is 5.52.